The number of H-pyrrole nitrogens is 1. The molecule has 5 rings (SSSR count). The molecule has 1 fully saturated rings. The highest BCUT2D eigenvalue weighted by molar-refractivity contribution is 7.91. The number of nitrogens with one attached hydrogen (secondary N) is 2. The maximum absolute atomic E-state index is 14.0. The van der Waals surface area contributed by atoms with E-state index in [2.05, 4.69) is 25.3 Å². The van der Waals surface area contributed by atoms with Crippen LogP contribution in [0.2, 0.25) is 0 Å². The average molecular weight is 627 g/mol. The Morgan fingerprint density at radius 3 is 2.39 bits per heavy atom. The van der Waals surface area contributed by atoms with Crippen molar-refractivity contribution in [2.75, 3.05) is 57.7 Å². The van der Waals surface area contributed by atoms with Crippen molar-refractivity contribution in [1.29, 1.82) is 0 Å². The first-order chi connectivity index (χ1) is 21.0. The Morgan fingerprint density at radius 1 is 1.02 bits per heavy atom. The Hall–Kier alpha value is -4.07. The van der Waals surface area contributed by atoms with Crippen LogP contribution < -0.4 is 16.0 Å². The molecule has 1 aromatic heterocycles. The van der Waals surface area contributed by atoms with E-state index in [1.54, 1.807) is 12.1 Å². The van der Waals surface area contributed by atoms with Gasteiger partial charge in [0.25, 0.3) is 5.91 Å². The second kappa shape index (κ2) is 12.9. The summed E-state index contributed by atoms with van der Waals surface area (Å²) in [4.78, 5) is 16.2. The molecule has 1 aliphatic heterocycles. The van der Waals surface area contributed by atoms with Crippen molar-refractivity contribution in [3.05, 3.63) is 65.7 Å². The minimum Gasteiger partial charge on any atom is -0.381 e. The van der Waals surface area contributed by atoms with E-state index >= 15 is 0 Å². The molecule has 4 aromatic rings. The van der Waals surface area contributed by atoms with Gasteiger partial charge in [-0.05, 0) is 82.4 Å². The van der Waals surface area contributed by atoms with Crippen molar-refractivity contribution < 1.29 is 26.7 Å². The van der Waals surface area contributed by atoms with E-state index in [-0.39, 0.29) is 16.5 Å². The van der Waals surface area contributed by atoms with Gasteiger partial charge in [0, 0.05) is 50.0 Å². The molecule has 4 N–H and O–H groups in total. The van der Waals surface area contributed by atoms with Crippen molar-refractivity contribution in [3.63, 3.8) is 0 Å². The SMILES string of the molecule is CN(C)CCCN(C)c1ccc(C(N)=O)c(NC2CCOCC2)c1-c1n[nH]c2ccc(S(=O)(=O)c3cc(F)cc(F)c3)cc12. The second-order valence-corrected chi connectivity index (χ2v) is 13.2. The lowest BCUT2D eigenvalue weighted by Crippen LogP contribution is -2.30. The summed E-state index contributed by atoms with van der Waals surface area (Å²) in [7, 11) is 1.66. The van der Waals surface area contributed by atoms with Crippen LogP contribution >= 0.6 is 0 Å². The highest BCUT2D eigenvalue weighted by Crippen LogP contribution is 2.43. The van der Waals surface area contributed by atoms with Crippen LogP contribution in [0, 0.1) is 11.6 Å². The van der Waals surface area contributed by atoms with E-state index in [0.717, 1.165) is 30.8 Å². The van der Waals surface area contributed by atoms with E-state index in [1.807, 2.05) is 27.2 Å². The highest BCUT2D eigenvalue weighted by Gasteiger charge is 2.27. The zero-order valence-corrected chi connectivity index (χ0v) is 25.7. The van der Waals surface area contributed by atoms with Gasteiger partial charge < -0.3 is 25.6 Å². The van der Waals surface area contributed by atoms with Crippen LogP contribution in [-0.4, -0.2) is 82.9 Å². The quantitative estimate of drug-likeness (QED) is 0.223. The molecule has 0 saturated carbocycles. The molecule has 1 saturated heterocycles. The first kappa shape index (κ1) is 31.4. The molecule has 1 aliphatic rings. The molecule has 44 heavy (non-hydrogen) atoms. The van der Waals surface area contributed by atoms with Crippen LogP contribution in [0.25, 0.3) is 22.2 Å². The van der Waals surface area contributed by atoms with Crippen molar-refractivity contribution in [2.45, 2.75) is 35.1 Å². The third kappa shape index (κ3) is 6.54. The number of sulfone groups is 1. The summed E-state index contributed by atoms with van der Waals surface area (Å²) in [6.07, 6.45) is 2.29. The summed E-state index contributed by atoms with van der Waals surface area (Å²) in [5.74, 6) is -2.62. The number of hydrogen-bond donors (Lipinski definition) is 3. The zero-order chi connectivity index (χ0) is 31.6. The molecule has 0 radical (unpaired) electrons. The number of aromatic amines is 1. The summed E-state index contributed by atoms with van der Waals surface area (Å²) in [5.41, 5.74) is 8.91. The average Bonchev–Trinajstić information content (AvgIpc) is 3.39. The summed E-state index contributed by atoms with van der Waals surface area (Å²) in [6, 6.07) is 10.0. The fraction of sp³-hybridized carbons (Fsp3) is 0.355. The smallest absolute Gasteiger partial charge is 0.250 e. The van der Waals surface area contributed by atoms with Gasteiger partial charge in [0.05, 0.1) is 32.1 Å². The Morgan fingerprint density at radius 2 is 1.73 bits per heavy atom. The molecule has 0 aliphatic carbocycles. The largest absolute Gasteiger partial charge is 0.381 e. The number of nitrogens with two attached hydrogens (primary N) is 1. The maximum Gasteiger partial charge on any atom is 0.250 e. The number of carbonyl (C=O) groups excluding carboxylic acids is 1. The van der Waals surface area contributed by atoms with Crippen molar-refractivity contribution >= 4 is 38.0 Å². The molecule has 1 amide bonds. The number of halogens is 2. The molecule has 234 valence electrons. The van der Waals surface area contributed by atoms with Crippen molar-refractivity contribution in [3.8, 4) is 11.3 Å². The van der Waals surface area contributed by atoms with Gasteiger partial charge in [0.15, 0.2) is 0 Å². The lowest BCUT2D eigenvalue weighted by atomic mass is 9.96. The van der Waals surface area contributed by atoms with Gasteiger partial charge >= 0.3 is 0 Å². The minimum atomic E-state index is -4.29. The van der Waals surface area contributed by atoms with E-state index in [1.165, 1.54) is 12.1 Å². The monoisotopic (exact) mass is 626 g/mol. The van der Waals surface area contributed by atoms with Gasteiger partial charge in [-0.2, -0.15) is 5.10 Å². The van der Waals surface area contributed by atoms with Crippen LogP contribution in [0.5, 0.6) is 0 Å². The summed E-state index contributed by atoms with van der Waals surface area (Å²) >= 11 is 0. The summed E-state index contributed by atoms with van der Waals surface area (Å²) < 4.78 is 60.5. The normalized spacial score (nSPS) is 14.3. The van der Waals surface area contributed by atoms with Gasteiger partial charge in [0.1, 0.15) is 17.3 Å². The van der Waals surface area contributed by atoms with Gasteiger partial charge in [-0.25, -0.2) is 17.2 Å². The molecule has 13 heteroatoms. The summed E-state index contributed by atoms with van der Waals surface area (Å²) in [5, 5.41) is 11.6. The molecule has 3 aromatic carbocycles. The van der Waals surface area contributed by atoms with E-state index in [4.69, 9.17) is 10.5 Å². The number of primary amides is 1. The zero-order valence-electron chi connectivity index (χ0n) is 24.9. The van der Waals surface area contributed by atoms with Crippen LogP contribution in [-0.2, 0) is 14.6 Å². The number of carbonyl (C=O) groups is 1. The molecule has 0 spiro atoms. The predicted molar refractivity (Wildman–Crippen MR) is 166 cm³/mol. The Labute approximate surface area is 255 Å². The molecule has 0 bridgehead atoms. The minimum absolute atomic E-state index is 0.00100. The third-order valence-corrected chi connectivity index (χ3v) is 9.49. The number of ether oxygens (including phenoxy) is 1. The van der Waals surface area contributed by atoms with Gasteiger partial charge in [-0.15, -0.1) is 0 Å². The standard InChI is InChI=1S/C31H36F2N6O4S/c1-38(2)11-4-12-39(3)27-8-6-24(31(34)40)29(35-21-9-13-43-14-10-21)28(27)30-25-18-22(5-7-26(25)36-37-30)44(41,42)23-16-19(32)15-20(33)17-23/h5-8,15-18,21,35H,4,9-14H2,1-3H3,(H2,34,40)(H,36,37). The molecule has 10 nitrogen and oxygen atoms in total. The number of rotatable bonds is 11. The van der Waals surface area contributed by atoms with Gasteiger partial charge in [-0.1, -0.05) is 0 Å². The fourth-order valence-electron chi connectivity index (χ4n) is 5.47. The Balaban J connectivity index is 1.70. The van der Waals surface area contributed by atoms with E-state index in [9.17, 15) is 22.0 Å². The van der Waals surface area contributed by atoms with Crippen LogP contribution in [0.1, 0.15) is 29.6 Å². The molecule has 0 atom stereocenters. The number of nitrogens with zero attached hydrogens (tertiary/aromatic N) is 3. The van der Waals surface area contributed by atoms with Crippen molar-refractivity contribution in [1.82, 2.24) is 15.1 Å². The van der Waals surface area contributed by atoms with Gasteiger partial charge in [-0.3, -0.25) is 9.89 Å². The second-order valence-electron chi connectivity index (χ2n) is 11.2. The lowest BCUT2D eigenvalue weighted by molar-refractivity contribution is 0.0904. The predicted octanol–water partition coefficient (Wildman–Crippen LogP) is 4.42. The topological polar surface area (TPSA) is 134 Å². The number of benzene rings is 3. The third-order valence-electron chi connectivity index (χ3n) is 7.76. The molecular weight excluding hydrogens is 590 g/mol. The number of fused-ring (bicyclic) bond motifs is 1. The van der Waals surface area contributed by atoms with E-state index in [0.29, 0.717) is 66.5 Å². The van der Waals surface area contributed by atoms with Crippen LogP contribution in [0.3, 0.4) is 0 Å². The Kier molecular flexibility index (Phi) is 9.18. The Bertz CT molecular complexity index is 1770. The van der Waals surface area contributed by atoms with Gasteiger partial charge in [0.2, 0.25) is 9.84 Å². The number of hydrogen-bond acceptors (Lipinski definition) is 8. The number of aromatic nitrogens is 2. The summed E-state index contributed by atoms with van der Waals surface area (Å²) in [6.45, 7) is 2.68. The fourth-order valence-corrected chi connectivity index (χ4v) is 6.79. The highest BCUT2D eigenvalue weighted by atomic mass is 32.2. The van der Waals surface area contributed by atoms with Crippen LogP contribution in [0.4, 0.5) is 20.2 Å². The van der Waals surface area contributed by atoms with Crippen molar-refractivity contribution in [2.24, 2.45) is 5.73 Å². The first-order valence-corrected chi connectivity index (χ1v) is 15.8. The van der Waals surface area contributed by atoms with Crippen LogP contribution in [0.15, 0.2) is 58.3 Å². The maximum atomic E-state index is 14.0. The molecule has 0 unspecified atom stereocenters. The molecule has 2 heterocycles. The number of anilines is 2. The van der Waals surface area contributed by atoms with E-state index < -0.39 is 32.3 Å². The molecular formula is C31H36F2N6O4S. The lowest BCUT2D eigenvalue weighted by Gasteiger charge is -2.29. The number of amides is 1. The first-order valence-electron chi connectivity index (χ1n) is 14.3.